The summed E-state index contributed by atoms with van der Waals surface area (Å²) in [6.45, 7) is 3.59. The van der Waals surface area contributed by atoms with Gasteiger partial charge in [0.2, 0.25) is 11.8 Å². The van der Waals surface area contributed by atoms with E-state index in [4.69, 9.17) is 29.6 Å². The zero-order valence-corrected chi connectivity index (χ0v) is 20.0. The van der Waals surface area contributed by atoms with Crippen LogP contribution >= 0.6 is 23.2 Å². The van der Waals surface area contributed by atoms with Gasteiger partial charge in [-0.1, -0.05) is 35.2 Å². The zero-order valence-electron chi connectivity index (χ0n) is 17.7. The van der Waals surface area contributed by atoms with Gasteiger partial charge in [-0.25, -0.2) is 8.51 Å². The minimum absolute atomic E-state index is 0.0102. The van der Waals surface area contributed by atoms with Crippen LogP contribution in [0.25, 0.3) is 0 Å². The van der Waals surface area contributed by atoms with E-state index in [1.54, 1.807) is 16.6 Å². The summed E-state index contributed by atoms with van der Waals surface area (Å²) in [5.74, 6) is 1.58. The predicted octanol–water partition coefficient (Wildman–Crippen LogP) is 1.98. The number of terminal acetylenes is 1. The molecule has 0 aromatic heterocycles. The van der Waals surface area contributed by atoms with Crippen molar-refractivity contribution < 1.29 is 13.8 Å². The molecule has 2 unspecified atom stereocenters. The molecule has 0 aliphatic carbocycles. The molecule has 0 spiro atoms. The average molecular weight is 487 g/mol. The Balaban J connectivity index is 1.89. The van der Waals surface area contributed by atoms with Gasteiger partial charge in [0.15, 0.2) is 0 Å². The van der Waals surface area contributed by atoms with Crippen LogP contribution in [0.2, 0.25) is 10.0 Å². The first-order valence-corrected chi connectivity index (χ1v) is 12.3. The lowest BCUT2D eigenvalue weighted by molar-refractivity contribution is -0.126. The molecule has 0 saturated carbocycles. The molecule has 2 atom stereocenters. The summed E-state index contributed by atoms with van der Waals surface area (Å²) in [5, 5.41) is 6.27. The maximum absolute atomic E-state index is 12.3. The highest BCUT2D eigenvalue weighted by Crippen LogP contribution is 2.32. The molecule has 2 N–H and O–H groups in total. The van der Waals surface area contributed by atoms with Crippen LogP contribution < -0.4 is 10.6 Å². The maximum atomic E-state index is 12.3. The number of nitrogens with zero attached hydrogens (tertiary/aromatic N) is 2. The highest BCUT2D eigenvalue weighted by atomic mass is 35.5. The molecule has 1 aliphatic rings. The van der Waals surface area contributed by atoms with Gasteiger partial charge in [0.05, 0.1) is 30.6 Å². The van der Waals surface area contributed by atoms with E-state index in [9.17, 15) is 13.8 Å². The van der Waals surface area contributed by atoms with Crippen LogP contribution in [0, 0.1) is 12.3 Å². The van der Waals surface area contributed by atoms with E-state index in [1.165, 1.54) is 0 Å². The topological polar surface area (TPSA) is 81.8 Å². The van der Waals surface area contributed by atoms with Gasteiger partial charge in [0.1, 0.15) is 0 Å². The second kappa shape index (κ2) is 12.4. The van der Waals surface area contributed by atoms with Gasteiger partial charge < -0.3 is 10.6 Å². The Kier molecular flexibility index (Phi) is 10.3. The first-order valence-electron chi connectivity index (χ1n) is 9.99. The summed E-state index contributed by atoms with van der Waals surface area (Å²) >= 11 is 12.4. The molecule has 1 saturated heterocycles. The van der Waals surface area contributed by atoms with E-state index < -0.39 is 11.0 Å². The van der Waals surface area contributed by atoms with Crippen LogP contribution in [0.15, 0.2) is 18.2 Å². The summed E-state index contributed by atoms with van der Waals surface area (Å²) in [6.07, 6.45) is 8.18. The largest absolute Gasteiger partial charge is 0.346 e. The Bertz CT molecular complexity index is 854. The Hall–Kier alpha value is -1.63. The summed E-state index contributed by atoms with van der Waals surface area (Å²) < 4.78 is 14.0. The molecule has 1 heterocycles. The van der Waals surface area contributed by atoms with Crippen molar-refractivity contribution in [1.82, 2.24) is 19.8 Å². The van der Waals surface area contributed by atoms with E-state index in [1.807, 2.05) is 12.1 Å². The van der Waals surface area contributed by atoms with Gasteiger partial charge in [-0.05, 0) is 37.5 Å². The fraction of sp³-hybridized carbons (Fsp3) is 0.524. The molecule has 1 fully saturated rings. The predicted molar refractivity (Wildman–Crippen MR) is 125 cm³/mol. The number of amides is 2. The standard InChI is InChI=1S/C21H28Cl2N4O3S/c1-4-9-24-20(28)13-25-21(29)14-27(31(3)30)17-7-10-26(11-8-17)15(2)18-6-5-16(22)12-19(18)23/h1,5-6,12,15,17H,7-11,13-14H2,2-3H3,(H,24,28)(H,25,29). The van der Waals surface area contributed by atoms with Crippen LogP contribution in [-0.2, 0) is 20.6 Å². The Morgan fingerprint density at radius 1 is 1.29 bits per heavy atom. The highest BCUT2D eigenvalue weighted by Gasteiger charge is 2.30. The fourth-order valence-corrected chi connectivity index (χ4v) is 5.11. The lowest BCUT2D eigenvalue weighted by Gasteiger charge is -2.39. The quantitative estimate of drug-likeness (QED) is 0.522. The van der Waals surface area contributed by atoms with Crippen LogP contribution in [0.3, 0.4) is 0 Å². The van der Waals surface area contributed by atoms with Crippen molar-refractivity contribution in [1.29, 1.82) is 0 Å². The lowest BCUT2D eigenvalue weighted by atomic mass is 10.00. The smallest absolute Gasteiger partial charge is 0.240 e. The summed E-state index contributed by atoms with van der Waals surface area (Å²) in [6, 6.07) is 5.65. The molecule has 170 valence electrons. The first-order chi connectivity index (χ1) is 14.7. The van der Waals surface area contributed by atoms with Crippen LogP contribution in [0.5, 0.6) is 0 Å². The van der Waals surface area contributed by atoms with Crippen molar-refractivity contribution in [2.75, 3.05) is 39.0 Å². The minimum atomic E-state index is -1.31. The number of carbonyl (C=O) groups excluding carboxylic acids is 2. The molecule has 10 heteroatoms. The van der Waals surface area contributed by atoms with E-state index in [0.717, 1.165) is 31.5 Å². The summed E-state index contributed by atoms with van der Waals surface area (Å²) in [5.41, 5.74) is 1.02. The third-order valence-electron chi connectivity index (χ3n) is 5.33. The molecule has 0 bridgehead atoms. The fourth-order valence-electron chi connectivity index (χ4n) is 3.62. The molecule has 1 aliphatic heterocycles. The van der Waals surface area contributed by atoms with Crippen LogP contribution in [0.1, 0.15) is 31.4 Å². The maximum Gasteiger partial charge on any atom is 0.240 e. The van der Waals surface area contributed by atoms with Crippen molar-refractivity contribution in [3.05, 3.63) is 33.8 Å². The van der Waals surface area contributed by atoms with Crippen LogP contribution in [0.4, 0.5) is 0 Å². The molecule has 1 aromatic carbocycles. The number of hydrogen-bond acceptors (Lipinski definition) is 4. The third-order valence-corrected chi connectivity index (χ3v) is 6.98. The van der Waals surface area contributed by atoms with E-state index >= 15 is 0 Å². The van der Waals surface area contributed by atoms with Crippen molar-refractivity contribution >= 4 is 46.0 Å². The molecule has 31 heavy (non-hydrogen) atoms. The van der Waals surface area contributed by atoms with Gasteiger partial charge in [-0.2, -0.15) is 0 Å². The molecule has 2 rings (SSSR count). The second-order valence-electron chi connectivity index (χ2n) is 7.37. The molecule has 1 aromatic rings. The number of likely N-dealkylation sites (tertiary alicyclic amines) is 1. The lowest BCUT2D eigenvalue weighted by Crippen LogP contribution is -2.49. The molecular weight excluding hydrogens is 459 g/mol. The number of nitrogens with one attached hydrogen (secondary N) is 2. The number of benzene rings is 1. The summed E-state index contributed by atoms with van der Waals surface area (Å²) in [7, 11) is -1.31. The van der Waals surface area contributed by atoms with Crippen molar-refractivity contribution in [3.63, 3.8) is 0 Å². The highest BCUT2D eigenvalue weighted by molar-refractivity contribution is 7.81. The zero-order chi connectivity index (χ0) is 23.0. The van der Waals surface area contributed by atoms with Crippen LogP contribution in [-0.4, -0.2) is 70.2 Å². The number of rotatable bonds is 9. The monoisotopic (exact) mass is 486 g/mol. The second-order valence-corrected chi connectivity index (χ2v) is 9.53. The number of halogens is 2. The minimum Gasteiger partial charge on any atom is -0.346 e. The molecule has 2 amide bonds. The Morgan fingerprint density at radius 2 is 1.97 bits per heavy atom. The SMILES string of the molecule is C#CCNC(=O)CNC(=O)CN(C1CCN(C(C)c2ccc(Cl)cc2Cl)CC1)S(C)=O. The van der Waals surface area contributed by atoms with Crippen molar-refractivity contribution in [3.8, 4) is 12.3 Å². The van der Waals surface area contributed by atoms with Crippen molar-refractivity contribution in [2.45, 2.75) is 31.8 Å². The number of hydrogen-bond donors (Lipinski definition) is 2. The van der Waals surface area contributed by atoms with E-state index in [2.05, 4.69) is 28.4 Å². The van der Waals surface area contributed by atoms with E-state index in [-0.39, 0.29) is 43.5 Å². The van der Waals surface area contributed by atoms with Gasteiger partial charge in [0, 0.05) is 41.5 Å². The first kappa shape index (κ1) is 25.6. The molecule has 0 radical (unpaired) electrons. The normalized spacial score (nSPS) is 17.0. The average Bonchev–Trinajstić information content (AvgIpc) is 2.74. The van der Waals surface area contributed by atoms with E-state index in [0.29, 0.717) is 10.0 Å². The third kappa shape index (κ3) is 7.78. The molecular formula is C21H28Cl2N4O3S. The summed E-state index contributed by atoms with van der Waals surface area (Å²) in [4.78, 5) is 26.1. The van der Waals surface area contributed by atoms with Gasteiger partial charge in [-0.15, -0.1) is 6.42 Å². The van der Waals surface area contributed by atoms with Gasteiger partial charge in [0.25, 0.3) is 0 Å². The van der Waals surface area contributed by atoms with Gasteiger partial charge in [-0.3, -0.25) is 14.5 Å². The van der Waals surface area contributed by atoms with Crippen molar-refractivity contribution in [2.24, 2.45) is 0 Å². The number of carbonyl (C=O) groups is 2. The Morgan fingerprint density at radius 3 is 2.55 bits per heavy atom. The van der Waals surface area contributed by atoms with Gasteiger partial charge >= 0.3 is 0 Å². The number of piperidine rings is 1. The molecule has 7 nitrogen and oxygen atoms in total. The Labute approximate surface area is 196 Å².